The lowest BCUT2D eigenvalue weighted by atomic mass is 9.87. The average molecular weight is 275 g/mol. The Morgan fingerprint density at radius 2 is 1.70 bits per heavy atom. The summed E-state index contributed by atoms with van der Waals surface area (Å²) in [5.74, 6) is 0.808. The number of rotatable bonds is 10. The zero-order valence-corrected chi connectivity index (χ0v) is 13.9. The van der Waals surface area contributed by atoms with Gasteiger partial charge in [-0.2, -0.15) is 0 Å². The van der Waals surface area contributed by atoms with Crippen molar-refractivity contribution in [2.75, 3.05) is 6.54 Å². The number of hydrogen-bond acceptors (Lipinski definition) is 1. The lowest BCUT2D eigenvalue weighted by Gasteiger charge is -2.28. The van der Waals surface area contributed by atoms with E-state index in [-0.39, 0.29) is 0 Å². The summed E-state index contributed by atoms with van der Waals surface area (Å²) in [6, 6.07) is 9.69. The first-order valence-electron chi connectivity index (χ1n) is 8.50. The Morgan fingerprint density at radius 3 is 2.25 bits per heavy atom. The molecule has 0 saturated carbocycles. The van der Waals surface area contributed by atoms with Crippen molar-refractivity contribution in [3.8, 4) is 0 Å². The van der Waals surface area contributed by atoms with Gasteiger partial charge >= 0.3 is 0 Å². The molecule has 0 aliphatic heterocycles. The van der Waals surface area contributed by atoms with Crippen LogP contribution in [0, 0.1) is 12.8 Å². The normalized spacial score (nSPS) is 14.2. The predicted molar refractivity (Wildman–Crippen MR) is 90.3 cm³/mol. The summed E-state index contributed by atoms with van der Waals surface area (Å²) in [6.07, 6.45) is 7.70. The third kappa shape index (κ3) is 6.09. The van der Waals surface area contributed by atoms with Gasteiger partial charge in [0.25, 0.3) is 0 Å². The van der Waals surface area contributed by atoms with Gasteiger partial charge < -0.3 is 5.32 Å². The van der Waals surface area contributed by atoms with Gasteiger partial charge in [-0.15, -0.1) is 0 Å². The predicted octanol–water partition coefficient (Wildman–Crippen LogP) is 5.12. The van der Waals surface area contributed by atoms with Crippen molar-refractivity contribution in [2.24, 2.45) is 5.92 Å². The van der Waals surface area contributed by atoms with Gasteiger partial charge in [0, 0.05) is 6.04 Å². The van der Waals surface area contributed by atoms with E-state index in [1.54, 1.807) is 0 Å². The summed E-state index contributed by atoms with van der Waals surface area (Å²) in [5.41, 5.74) is 2.82. The highest BCUT2D eigenvalue weighted by Gasteiger charge is 2.19. The number of hydrogen-bond donors (Lipinski definition) is 1. The van der Waals surface area contributed by atoms with Crippen LogP contribution in [0.5, 0.6) is 0 Å². The largest absolute Gasteiger partial charge is 0.313 e. The molecule has 0 amide bonds. The molecule has 1 nitrogen and oxygen atoms in total. The smallest absolute Gasteiger partial charge is 0.0136 e. The third-order valence-corrected chi connectivity index (χ3v) is 4.25. The number of unbranched alkanes of at least 4 members (excludes halogenated alkanes) is 1. The molecule has 2 atom stereocenters. The van der Waals surface area contributed by atoms with Crippen LogP contribution < -0.4 is 5.32 Å². The van der Waals surface area contributed by atoms with Crippen molar-refractivity contribution in [3.63, 3.8) is 0 Å². The van der Waals surface area contributed by atoms with Crippen molar-refractivity contribution >= 4 is 0 Å². The van der Waals surface area contributed by atoms with Crippen LogP contribution in [-0.4, -0.2) is 12.6 Å². The van der Waals surface area contributed by atoms with Gasteiger partial charge in [-0.25, -0.2) is 0 Å². The maximum atomic E-state index is 3.79. The Morgan fingerprint density at radius 1 is 1.00 bits per heavy atom. The summed E-state index contributed by atoms with van der Waals surface area (Å²) in [5, 5.41) is 3.79. The van der Waals surface area contributed by atoms with E-state index >= 15 is 0 Å². The third-order valence-electron chi connectivity index (χ3n) is 4.25. The van der Waals surface area contributed by atoms with Crippen LogP contribution in [0.25, 0.3) is 0 Å². The van der Waals surface area contributed by atoms with E-state index in [0.29, 0.717) is 6.04 Å². The van der Waals surface area contributed by atoms with Crippen molar-refractivity contribution in [1.29, 1.82) is 0 Å². The lowest BCUT2D eigenvalue weighted by Crippen LogP contribution is -2.38. The quantitative estimate of drug-likeness (QED) is 0.625. The van der Waals surface area contributed by atoms with Gasteiger partial charge in [0.1, 0.15) is 0 Å². The van der Waals surface area contributed by atoms with Crippen molar-refractivity contribution in [2.45, 2.75) is 72.3 Å². The average Bonchev–Trinajstić information content (AvgIpc) is 2.47. The van der Waals surface area contributed by atoms with Crippen LogP contribution in [-0.2, 0) is 6.42 Å². The standard InChI is InChI=1S/C19H33N/c1-5-8-9-18(7-3)19(20-14-6-2)15-17-12-10-16(4)11-13-17/h10-13,18-20H,5-9,14-15H2,1-4H3. The molecule has 0 fully saturated rings. The number of nitrogens with one attached hydrogen (secondary N) is 1. The molecule has 0 radical (unpaired) electrons. The molecule has 0 heterocycles. The van der Waals surface area contributed by atoms with E-state index in [2.05, 4.69) is 57.3 Å². The molecule has 0 aromatic heterocycles. The van der Waals surface area contributed by atoms with Gasteiger partial charge in [-0.05, 0) is 44.2 Å². The van der Waals surface area contributed by atoms with E-state index in [4.69, 9.17) is 0 Å². The molecule has 0 spiro atoms. The van der Waals surface area contributed by atoms with Crippen LogP contribution in [0.4, 0.5) is 0 Å². The highest BCUT2D eigenvalue weighted by Crippen LogP contribution is 2.20. The fraction of sp³-hybridized carbons (Fsp3) is 0.684. The summed E-state index contributed by atoms with van der Waals surface area (Å²) >= 11 is 0. The minimum Gasteiger partial charge on any atom is -0.313 e. The Balaban J connectivity index is 2.68. The number of aryl methyl sites for hydroxylation is 1. The van der Waals surface area contributed by atoms with Crippen molar-refractivity contribution < 1.29 is 0 Å². The maximum absolute atomic E-state index is 3.79. The van der Waals surface area contributed by atoms with Crippen LogP contribution in [0.2, 0.25) is 0 Å². The molecule has 2 unspecified atom stereocenters. The van der Waals surface area contributed by atoms with Crippen LogP contribution >= 0.6 is 0 Å². The maximum Gasteiger partial charge on any atom is 0.0136 e. The first-order chi connectivity index (χ1) is 9.71. The molecular formula is C19H33N. The molecule has 1 aromatic rings. The van der Waals surface area contributed by atoms with E-state index in [1.165, 1.54) is 49.7 Å². The molecule has 1 heteroatoms. The van der Waals surface area contributed by atoms with Gasteiger partial charge in [0.2, 0.25) is 0 Å². The molecule has 1 N–H and O–H groups in total. The van der Waals surface area contributed by atoms with Gasteiger partial charge in [-0.1, -0.05) is 69.9 Å². The molecule has 1 aromatic carbocycles. The molecular weight excluding hydrogens is 242 g/mol. The van der Waals surface area contributed by atoms with Crippen LogP contribution in [0.3, 0.4) is 0 Å². The van der Waals surface area contributed by atoms with Crippen LogP contribution in [0.1, 0.15) is 64.0 Å². The Bertz CT molecular complexity index is 341. The minimum atomic E-state index is 0.634. The summed E-state index contributed by atoms with van der Waals surface area (Å²) < 4.78 is 0. The Kier molecular flexibility index (Phi) is 8.60. The molecule has 0 aliphatic carbocycles. The summed E-state index contributed by atoms with van der Waals surface area (Å²) in [6.45, 7) is 10.2. The summed E-state index contributed by atoms with van der Waals surface area (Å²) in [7, 11) is 0. The van der Waals surface area contributed by atoms with Gasteiger partial charge in [0.05, 0.1) is 0 Å². The second kappa shape index (κ2) is 9.99. The molecule has 1 rings (SSSR count). The second-order valence-corrected chi connectivity index (χ2v) is 6.06. The molecule has 0 saturated heterocycles. The van der Waals surface area contributed by atoms with E-state index < -0.39 is 0 Å². The van der Waals surface area contributed by atoms with Crippen molar-refractivity contribution in [1.82, 2.24) is 5.32 Å². The van der Waals surface area contributed by atoms with Gasteiger partial charge in [0.15, 0.2) is 0 Å². The fourth-order valence-corrected chi connectivity index (χ4v) is 2.87. The molecule has 20 heavy (non-hydrogen) atoms. The first kappa shape index (κ1) is 17.2. The fourth-order valence-electron chi connectivity index (χ4n) is 2.87. The summed E-state index contributed by atoms with van der Waals surface area (Å²) in [4.78, 5) is 0. The van der Waals surface area contributed by atoms with Crippen molar-refractivity contribution in [3.05, 3.63) is 35.4 Å². The Labute approximate surface area is 126 Å². The second-order valence-electron chi connectivity index (χ2n) is 6.06. The molecule has 114 valence electrons. The zero-order valence-electron chi connectivity index (χ0n) is 13.9. The molecule has 0 aliphatic rings. The SMILES string of the molecule is CCCCC(CC)C(Cc1ccc(C)cc1)NCCC. The van der Waals surface area contributed by atoms with E-state index in [1.807, 2.05) is 0 Å². The highest BCUT2D eigenvalue weighted by atomic mass is 14.9. The lowest BCUT2D eigenvalue weighted by molar-refractivity contribution is 0.315. The zero-order chi connectivity index (χ0) is 14.8. The van der Waals surface area contributed by atoms with E-state index in [0.717, 1.165) is 12.5 Å². The van der Waals surface area contributed by atoms with E-state index in [9.17, 15) is 0 Å². The number of benzene rings is 1. The van der Waals surface area contributed by atoms with Crippen LogP contribution in [0.15, 0.2) is 24.3 Å². The topological polar surface area (TPSA) is 12.0 Å². The molecule has 0 bridgehead atoms. The Hall–Kier alpha value is -0.820. The monoisotopic (exact) mass is 275 g/mol. The highest BCUT2D eigenvalue weighted by molar-refractivity contribution is 5.22. The van der Waals surface area contributed by atoms with Gasteiger partial charge in [-0.3, -0.25) is 0 Å². The first-order valence-corrected chi connectivity index (χ1v) is 8.50. The minimum absolute atomic E-state index is 0.634.